The lowest BCUT2D eigenvalue weighted by atomic mass is 10.2. The number of nitrogens with two attached hydrogens (primary N) is 1. The normalized spacial score (nSPS) is 11.5. The summed E-state index contributed by atoms with van der Waals surface area (Å²) in [5, 5.41) is 13.0. The SMILES string of the molecule is Cc1ccc(F)c(NC(=O)NC(CC(N)=O)C(=O)O)c1. The number of halogens is 1. The molecule has 108 valence electrons. The van der Waals surface area contributed by atoms with E-state index in [4.69, 9.17) is 10.8 Å². The van der Waals surface area contributed by atoms with Crippen LogP contribution in [0.3, 0.4) is 0 Å². The fourth-order valence-electron chi connectivity index (χ4n) is 1.45. The molecule has 0 spiro atoms. The van der Waals surface area contributed by atoms with Gasteiger partial charge in [-0.05, 0) is 24.6 Å². The number of carboxylic acids is 1. The van der Waals surface area contributed by atoms with Crippen LogP contribution in [0.4, 0.5) is 14.9 Å². The molecule has 0 aromatic heterocycles. The number of primary amides is 1. The molecule has 3 amide bonds. The Labute approximate surface area is 114 Å². The van der Waals surface area contributed by atoms with Crippen LogP contribution in [0.5, 0.6) is 0 Å². The van der Waals surface area contributed by atoms with Crippen molar-refractivity contribution in [3.8, 4) is 0 Å². The van der Waals surface area contributed by atoms with E-state index >= 15 is 0 Å². The molecule has 1 unspecified atom stereocenters. The predicted molar refractivity (Wildman–Crippen MR) is 68.5 cm³/mol. The lowest BCUT2D eigenvalue weighted by Crippen LogP contribution is -2.45. The third-order valence-corrected chi connectivity index (χ3v) is 2.38. The van der Waals surface area contributed by atoms with E-state index in [2.05, 4.69) is 5.32 Å². The van der Waals surface area contributed by atoms with Gasteiger partial charge >= 0.3 is 12.0 Å². The van der Waals surface area contributed by atoms with E-state index in [0.717, 1.165) is 0 Å². The summed E-state index contributed by atoms with van der Waals surface area (Å²) in [6.07, 6.45) is -0.556. The monoisotopic (exact) mass is 283 g/mol. The molecule has 8 heteroatoms. The van der Waals surface area contributed by atoms with E-state index in [-0.39, 0.29) is 5.69 Å². The molecule has 0 bridgehead atoms. The number of rotatable bonds is 5. The zero-order valence-electron chi connectivity index (χ0n) is 10.6. The Bertz CT molecular complexity index is 548. The summed E-state index contributed by atoms with van der Waals surface area (Å²) in [5.41, 5.74) is 5.49. The van der Waals surface area contributed by atoms with E-state index in [1.165, 1.54) is 18.2 Å². The van der Waals surface area contributed by atoms with Crippen LogP contribution >= 0.6 is 0 Å². The summed E-state index contributed by atoms with van der Waals surface area (Å²) >= 11 is 0. The van der Waals surface area contributed by atoms with E-state index < -0.39 is 36.2 Å². The number of aryl methyl sites for hydroxylation is 1. The molecule has 5 N–H and O–H groups in total. The number of amides is 3. The number of hydrogen-bond donors (Lipinski definition) is 4. The lowest BCUT2D eigenvalue weighted by molar-refractivity contribution is -0.140. The van der Waals surface area contributed by atoms with Gasteiger partial charge in [0.05, 0.1) is 12.1 Å². The highest BCUT2D eigenvalue weighted by molar-refractivity contribution is 5.93. The maximum Gasteiger partial charge on any atom is 0.326 e. The molecule has 7 nitrogen and oxygen atoms in total. The summed E-state index contributed by atoms with van der Waals surface area (Å²) < 4.78 is 13.4. The number of aliphatic carboxylic acids is 1. The molecule has 0 aliphatic heterocycles. The van der Waals surface area contributed by atoms with Crippen molar-refractivity contribution in [3.05, 3.63) is 29.6 Å². The molecular weight excluding hydrogens is 269 g/mol. The zero-order chi connectivity index (χ0) is 15.3. The highest BCUT2D eigenvalue weighted by Gasteiger charge is 2.22. The summed E-state index contributed by atoms with van der Waals surface area (Å²) in [5.74, 6) is -2.95. The Kier molecular flexibility index (Phi) is 5.01. The van der Waals surface area contributed by atoms with Gasteiger partial charge in [-0.2, -0.15) is 0 Å². The van der Waals surface area contributed by atoms with Crippen molar-refractivity contribution in [2.45, 2.75) is 19.4 Å². The van der Waals surface area contributed by atoms with Crippen LogP contribution in [0.1, 0.15) is 12.0 Å². The number of anilines is 1. The van der Waals surface area contributed by atoms with Gasteiger partial charge in [-0.25, -0.2) is 14.0 Å². The van der Waals surface area contributed by atoms with Crippen molar-refractivity contribution in [2.24, 2.45) is 5.73 Å². The molecule has 20 heavy (non-hydrogen) atoms. The molecule has 0 radical (unpaired) electrons. The standard InChI is InChI=1S/C12H14FN3O4/c1-6-2-3-7(13)8(4-6)15-12(20)16-9(11(18)19)5-10(14)17/h2-4,9H,5H2,1H3,(H2,14,17)(H,18,19)(H2,15,16,20). The number of carbonyl (C=O) groups is 3. The highest BCUT2D eigenvalue weighted by atomic mass is 19.1. The minimum Gasteiger partial charge on any atom is -0.480 e. The Hall–Kier alpha value is -2.64. The Morgan fingerprint density at radius 2 is 2.05 bits per heavy atom. The molecule has 0 fully saturated rings. The van der Waals surface area contributed by atoms with Crippen molar-refractivity contribution in [1.29, 1.82) is 0 Å². The first-order valence-electron chi connectivity index (χ1n) is 5.64. The Morgan fingerprint density at radius 1 is 1.40 bits per heavy atom. The molecule has 0 saturated heterocycles. The number of carbonyl (C=O) groups excluding carboxylic acids is 2. The van der Waals surface area contributed by atoms with Gasteiger partial charge in [0.15, 0.2) is 0 Å². The quantitative estimate of drug-likeness (QED) is 0.631. The van der Waals surface area contributed by atoms with Crippen LogP contribution in [-0.4, -0.2) is 29.1 Å². The van der Waals surface area contributed by atoms with Crippen LogP contribution in [0.15, 0.2) is 18.2 Å². The Balaban J connectivity index is 2.72. The minimum absolute atomic E-state index is 0.0919. The zero-order valence-corrected chi connectivity index (χ0v) is 10.6. The molecule has 0 heterocycles. The van der Waals surface area contributed by atoms with Gasteiger partial charge in [0.25, 0.3) is 0 Å². The van der Waals surface area contributed by atoms with E-state index in [0.29, 0.717) is 5.56 Å². The first kappa shape index (κ1) is 15.4. The lowest BCUT2D eigenvalue weighted by Gasteiger charge is -2.14. The highest BCUT2D eigenvalue weighted by Crippen LogP contribution is 2.15. The van der Waals surface area contributed by atoms with Crippen LogP contribution < -0.4 is 16.4 Å². The van der Waals surface area contributed by atoms with Gasteiger partial charge < -0.3 is 21.5 Å². The second kappa shape index (κ2) is 6.50. The van der Waals surface area contributed by atoms with Gasteiger partial charge in [-0.3, -0.25) is 4.79 Å². The van der Waals surface area contributed by atoms with E-state index in [9.17, 15) is 18.8 Å². The number of nitrogens with one attached hydrogen (secondary N) is 2. The van der Waals surface area contributed by atoms with Gasteiger partial charge in [-0.1, -0.05) is 6.07 Å². The minimum atomic E-state index is -1.47. The molecule has 0 aliphatic rings. The molecule has 1 atom stereocenters. The van der Waals surface area contributed by atoms with E-state index in [1.54, 1.807) is 6.92 Å². The van der Waals surface area contributed by atoms with Crippen molar-refractivity contribution in [1.82, 2.24) is 5.32 Å². The van der Waals surface area contributed by atoms with Crippen molar-refractivity contribution in [3.63, 3.8) is 0 Å². The van der Waals surface area contributed by atoms with Crippen LogP contribution in [0.2, 0.25) is 0 Å². The van der Waals surface area contributed by atoms with Gasteiger partial charge in [0, 0.05) is 0 Å². The van der Waals surface area contributed by atoms with Gasteiger partial charge in [0.1, 0.15) is 11.9 Å². The molecule has 0 aliphatic carbocycles. The number of urea groups is 1. The molecular formula is C12H14FN3O4. The van der Waals surface area contributed by atoms with Gasteiger partial charge in [0.2, 0.25) is 5.91 Å². The first-order valence-corrected chi connectivity index (χ1v) is 5.64. The third kappa shape index (κ3) is 4.56. The van der Waals surface area contributed by atoms with Crippen molar-refractivity contribution >= 4 is 23.6 Å². The molecule has 0 saturated carbocycles. The first-order chi connectivity index (χ1) is 9.29. The second-order valence-corrected chi connectivity index (χ2v) is 4.14. The fourth-order valence-corrected chi connectivity index (χ4v) is 1.45. The maximum atomic E-state index is 13.4. The summed E-state index contributed by atoms with van der Waals surface area (Å²) in [7, 11) is 0. The average molecular weight is 283 g/mol. The average Bonchev–Trinajstić information content (AvgIpc) is 2.32. The molecule has 1 aromatic rings. The second-order valence-electron chi connectivity index (χ2n) is 4.14. The van der Waals surface area contributed by atoms with Gasteiger partial charge in [-0.15, -0.1) is 0 Å². The van der Waals surface area contributed by atoms with Crippen molar-refractivity contribution < 1.29 is 23.9 Å². The van der Waals surface area contributed by atoms with Crippen LogP contribution in [0.25, 0.3) is 0 Å². The Morgan fingerprint density at radius 3 is 2.60 bits per heavy atom. The smallest absolute Gasteiger partial charge is 0.326 e. The summed E-state index contributed by atoms with van der Waals surface area (Å²) in [6, 6.07) is 1.66. The number of carboxylic acid groups (broad SMARTS) is 1. The molecule has 1 rings (SSSR count). The fraction of sp³-hybridized carbons (Fsp3) is 0.250. The molecule has 1 aromatic carbocycles. The van der Waals surface area contributed by atoms with Crippen LogP contribution in [-0.2, 0) is 9.59 Å². The number of benzene rings is 1. The third-order valence-electron chi connectivity index (χ3n) is 2.38. The van der Waals surface area contributed by atoms with Crippen LogP contribution in [0, 0.1) is 12.7 Å². The predicted octanol–water partition coefficient (Wildman–Crippen LogP) is 0.584. The van der Waals surface area contributed by atoms with Crippen molar-refractivity contribution in [2.75, 3.05) is 5.32 Å². The topological polar surface area (TPSA) is 122 Å². The van der Waals surface area contributed by atoms with E-state index in [1.807, 2.05) is 5.32 Å². The summed E-state index contributed by atoms with van der Waals surface area (Å²) in [6.45, 7) is 1.70. The largest absolute Gasteiger partial charge is 0.480 e. The maximum absolute atomic E-state index is 13.4. The summed E-state index contributed by atoms with van der Waals surface area (Å²) in [4.78, 5) is 33.1. The number of hydrogen-bond acceptors (Lipinski definition) is 3.